The highest BCUT2D eigenvalue weighted by atomic mass is 79.9. The van der Waals surface area contributed by atoms with Crippen molar-refractivity contribution in [3.8, 4) is 5.75 Å². The molecule has 2 aromatic rings. The average molecular weight is 458 g/mol. The van der Waals surface area contributed by atoms with Crippen molar-refractivity contribution < 1.29 is 13.9 Å². The van der Waals surface area contributed by atoms with Gasteiger partial charge in [-0.25, -0.2) is 5.43 Å². The highest BCUT2D eigenvalue weighted by Crippen LogP contribution is 2.32. The molecule has 0 saturated heterocycles. The van der Waals surface area contributed by atoms with Crippen LogP contribution in [-0.2, 0) is 4.79 Å². The van der Waals surface area contributed by atoms with Crippen molar-refractivity contribution in [2.24, 2.45) is 5.10 Å². The maximum atomic E-state index is 11.8. The molecule has 0 saturated carbocycles. The number of aryl methyl sites for hydroxylation is 1. The maximum Gasteiger partial charge on any atom is 0.277 e. The SMILES string of the molecule is Cc1cc(OCC(=O)N/N=C/c2ccc(Br)o2)c(C(C)C)cc1Br. The number of furan rings is 1. The van der Waals surface area contributed by atoms with Crippen LogP contribution in [0.1, 0.15) is 36.7 Å². The number of hydrazone groups is 1. The first-order valence-corrected chi connectivity index (χ1v) is 8.95. The molecule has 128 valence electrons. The van der Waals surface area contributed by atoms with Gasteiger partial charge in [-0.1, -0.05) is 29.8 Å². The van der Waals surface area contributed by atoms with Crippen molar-refractivity contribution in [3.63, 3.8) is 0 Å². The maximum absolute atomic E-state index is 11.8. The molecule has 1 heterocycles. The fraction of sp³-hybridized carbons (Fsp3) is 0.294. The van der Waals surface area contributed by atoms with Gasteiger partial charge in [0, 0.05) is 4.47 Å². The summed E-state index contributed by atoms with van der Waals surface area (Å²) in [5, 5.41) is 3.83. The lowest BCUT2D eigenvalue weighted by atomic mass is 10.0. The van der Waals surface area contributed by atoms with E-state index in [4.69, 9.17) is 9.15 Å². The van der Waals surface area contributed by atoms with Gasteiger partial charge in [-0.05, 0) is 64.2 Å². The van der Waals surface area contributed by atoms with Crippen molar-refractivity contribution in [1.29, 1.82) is 0 Å². The first-order valence-electron chi connectivity index (χ1n) is 7.37. The molecule has 0 radical (unpaired) electrons. The molecule has 24 heavy (non-hydrogen) atoms. The number of hydrogen-bond acceptors (Lipinski definition) is 4. The van der Waals surface area contributed by atoms with E-state index in [1.165, 1.54) is 6.21 Å². The van der Waals surface area contributed by atoms with Gasteiger partial charge < -0.3 is 9.15 Å². The summed E-state index contributed by atoms with van der Waals surface area (Å²) < 4.78 is 12.5. The van der Waals surface area contributed by atoms with Gasteiger partial charge in [-0.3, -0.25) is 4.79 Å². The molecule has 0 spiro atoms. The summed E-state index contributed by atoms with van der Waals surface area (Å²) in [6.07, 6.45) is 1.42. The van der Waals surface area contributed by atoms with E-state index in [9.17, 15) is 4.79 Å². The molecule has 1 aromatic carbocycles. The van der Waals surface area contributed by atoms with E-state index >= 15 is 0 Å². The third-order valence-electron chi connectivity index (χ3n) is 3.25. The molecule has 0 aliphatic rings. The Kier molecular flexibility index (Phi) is 6.62. The Morgan fingerprint density at radius 1 is 1.38 bits per heavy atom. The van der Waals surface area contributed by atoms with Gasteiger partial charge in [0.15, 0.2) is 11.3 Å². The minimum Gasteiger partial charge on any atom is -0.483 e. The molecular formula is C17H18Br2N2O3. The van der Waals surface area contributed by atoms with Crippen molar-refractivity contribution >= 4 is 44.0 Å². The van der Waals surface area contributed by atoms with Crippen LogP contribution >= 0.6 is 31.9 Å². The molecule has 1 aromatic heterocycles. The molecule has 5 nitrogen and oxygen atoms in total. The summed E-state index contributed by atoms with van der Waals surface area (Å²) in [4.78, 5) is 11.8. The molecule has 0 bridgehead atoms. The Morgan fingerprint density at radius 3 is 2.75 bits per heavy atom. The molecule has 1 N–H and O–H groups in total. The van der Waals surface area contributed by atoms with Crippen LogP contribution in [-0.4, -0.2) is 18.7 Å². The number of nitrogens with one attached hydrogen (secondary N) is 1. The molecule has 0 aliphatic heterocycles. The van der Waals surface area contributed by atoms with Crippen molar-refractivity contribution in [1.82, 2.24) is 5.43 Å². The standard InChI is InChI=1S/C17H18Br2N2O3/c1-10(2)13-7-14(18)11(3)6-15(13)23-9-17(22)21-20-8-12-4-5-16(19)24-12/h4-8,10H,9H2,1-3H3,(H,21,22)/b20-8+. The Hall–Kier alpha value is -1.60. The normalized spacial score (nSPS) is 11.2. The number of rotatable bonds is 6. The van der Waals surface area contributed by atoms with E-state index in [1.807, 2.05) is 19.1 Å². The van der Waals surface area contributed by atoms with Gasteiger partial charge in [0.05, 0.1) is 6.21 Å². The topological polar surface area (TPSA) is 63.8 Å². The summed E-state index contributed by atoms with van der Waals surface area (Å²) in [5.74, 6) is 1.19. The van der Waals surface area contributed by atoms with E-state index in [0.29, 0.717) is 16.2 Å². The van der Waals surface area contributed by atoms with Gasteiger partial charge in [0.1, 0.15) is 11.5 Å². The third kappa shape index (κ3) is 5.21. The Labute approximate surface area is 157 Å². The van der Waals surface area contributed by atoms with Crippen LogP contribution in [0, 0.1) is 6.92 Å². The summed E-state index contributed by atoms with van der Waals surface area (Å²) in [6, 6.07) is 7.43. The number of benzene rings is 1. The number of amides is 1. The first kappa shape index (κ1) is 18.7. The van der Waals surface area contributed by atoms with Gasteiger partial charge in [0.25, 0.3) is 5.91 Å². The van der Waals surface area contributed by atoms with Crippen LogP contribution in [0.25, 0.3) is 0 Å². The molecule has 0 unspecified atom stereocenters. The highest BCUT2D eigenvalue weighted by molar-refractivity contribution is 9.10. The average Bonchev–Trinajstić information content (AvgIpc) is 2.93. The van der Waals surface area contributed by atoms with Gasteiger partial charge in [-0.2, -0.15) is 5.10 Å². The van der Waals surface area contributed by atoms with Crippen LogP contribution in [0.15, 0.2) is 42.9 Å². The molecule has 0 aliphatic carbocycles. The van der Waals surface area contributed by atoms with E-state index < -0.39 is 0 Å². The van der Waals surface area contributed by atoms with Crippen LogP contribution in [0.5, 0.6) is 5.75 Å². The minimum atomic E-state index is -0.341. The molecule has 7 heteroatoms. The fourth-order valence-electron chi connectivity index (χ4n) is 1.99. The third-order valence-corrected chi connectivity index (χ3v) is 4.53. The number of ether oxygens (including phenoxy) is 1. The Morgan fingerprint density at radius 2 is 2.12 bits per heavy atom. The van der Waals surface area contributed by atoms with Crippen molar-refractivity contribution in [2.45, 2.75) is 26.7 Å². The fourth-order valence-corrected chi connectivity index (χ4v) is 2.67. The van der Waals surface area contributed by atoms with E-state index in [1.54, 1.807) is 12.1 Å². The zero-order valence-electron chi connectivity index (χ0n) is 13.6. The molecule has 0 atom stereocenters. The van der Waals surface area contributed by atoms with Crippen molar-refractivity contribution in [2.75, 3.05) is 6.61 Å². The second kappa shape index (κ2) is 8.48. The smallest absolute Gasteiger partial charge is 0.277 e. The largest absolute Gasteiger partial charge is 0.483 e. The molecule has 1 amide bonds. The minimum absolute atomic E-state index is 0.111. The summed E-state index contributed by atoms with van der Waals surface area (Å²) in [6.45, 7) is 6.03. The summed E-state index contributed by atoms with van der Waals surface area (Å²) in [5.41, 5.74) is 4.50. The number of carbonyl (C=O) groups excluding carboxylic acids is 1. The van der Waals surface area contributed by atoms with Gasteiger partial charge in [-0.15, -0.1) is 0 Å². The van der Waals surface area contributed by atoms with Gasteiger partial charge >= 0.3 is 0 Å². The van der Waals surface area contributed by atoms with Crippen LogP contribution in [0.4, 0.5) is 0 Å². The lowest BCUT2D eigenvalue weighted by molar-refractivity contribution is -0.123. The summed E-state index contributed by atoms with van der Waals surface area (Å²) in [7, 11) is 0. The van der Waals surface area contributed by atoms with E-state index in [0.717, 1.165) is 15.6 Å². The second-order valence-corrected chi connectivity index (χ2v) is 7.15. The van der Waals surface area contributed by atoms with Gasteiger partial charge in [0.2, 0.25) is 0 Å². The zero-order chi connectivity index (χ0) is 17.7. The highest BCUT2D eigenvalue weighted by Gasteiger charge is 2.12. The Balaban J connectivity index is 1.94. The molecule has 0 fully saturated rings. The quantitative estimate of drug-likeness (QED) is 0.502. The summed E-state index contributed by atoms with van der Waals surface area (Å²) >= 11 is 6.71. The zero-order valence-corrected chi connectivity index (χ0v) is 16.8. The predicted octanol–water partition coefficient (Wildman–Crippen LogP) is 4.77. The first-order chi connectivity index (χ1) is 11.4. The van der Waals surface area contributed by atoms with E-state index in [2.05, 4.69) is 56.2 Å². The predicted molar refractivity (Wildman–Crippen MR) is 101 cm³/mol. The van der Waals surface area contributed by atoms with Crippen molar-refractivity contribution in [3.05, 3.63) is 50.3 Å². The number of hydrogen-bond donors (Lipinski definition) is 1. The second-order valence-electron chi connectivity index (χ2n) is 5.52. The lowest BCUT2D eigenvalue weighted by Crippen LogP contribution is -2.25. The van der Waals surface area contributed by atoms with Crippen LogP contribution < -0.4 is 10.2 Å². The van der Waals surface area contributed by atoms with Crippen LogP contribution in [0.2, 0.25) is 0 Å². The molecule has 2 rings (SSSR count). The van der Waals surface area contributed by atoms with E-state index in [-0.39, 0.29) is 18.4 Å². The lowest BCUT2D eigenvalue weighted by Gasteiger charge is -2.15. The molecular weight excluding hydrogens is 440 g/mol. The number of nitrogens with zero attached hydrogens (tertiary/aromatic N) is 1. The Bertz CT molecular complexity index is 754. The monoisotopic (exact) mass is 456 g/mol. The number of carbonyl (C=O) groups is 1. The number of halogens is 2. The van der Waals surface area contributed by atoms with Crippen LogP contribution in [0.3, 0.4) is 0 Å².